The summed E-state index contributed by atoms with van der Waals surface area (Å²) in [4.78, 5) is 15.6. The minimum Gasteiger partial charge on any atom is -0.463 e. The molecule has 2 aliphatic rings. The van der Waals surface area contributed by atoms with Crippen molar-refractivity contribution in [2.75, 3.05) is 12.5 Å². The first-order valence-corrected chi connectivity index (χ1v) is 9.82. The topological polar surface area (TPSA) is 61.7 Å². The summed E-state index contributed by atoms with van der Waals surface area (Å²) in [5.41, 5.74) is 0.630. The van der Waals surface area contributed by atoms with E-state index in [4.69, 9.17) is 16.0 Å². The molecule has 0 aliphatic carbocycles. The van der Waals surface area contributed by atoms with E-state index < -0.39 is 11.7 Å². The van der Waals surface area contributed by atoms with Gasteiger partial charge < -0.3 is 9.32 Å². The second-order valence-corrected chi connectivity index (χ2v) is 7.87. The van der Waals surface area contributed by atoms with E-state index in [1.807, 2.05) is 12.1 Å². The number of carbonyl (C=O) groups is 1. The van der Waals surface area contributed by atoms with Gasteiger partial charge in [0.05, 0.1) is 17.9 Å². The van der Waals surface area contributed by atoms with Crippen LogP contribution in [0.2, 0.25) is 5.02 Å². The van der Waals surface area contributed by atoms with Crippen molar-refractivity contribution in [2.24, 2.45) is 0 Å². The van der Waals surface area contributed by atoms with E-state index in [1.54, 1.807) is 17.2 Å². The minimum absolute atomic E-state index is 0.0294. The fourth-order valence-electron chi connectivity index (χ4n) is 3.53. The van der Waals surface area contributed by atoms with Gasteiger partial charge in [0.1, 0.15) is 23.3 Å². The third kappa shape index (κ3) is 3.36. The third-order valence-electron chi connectivity index (χ3n) is 4.77. The number of fused-ring (bicyclic) bond motifs is 1. The van der Waals surface area contributed by atoms with Crippen molar-refractivity contribution < 1.29 is 18.5 Å². The second-order valence-electron chi connectivity index (χ2n) is 6.50. The van der Waals surface area contributed by atoms with Crippen LogP contribution in [0.15, 0.2) is 51.6 Å². The number of thioether (sulfide) groups is 1. The molecule has 1 unspecified atom stereocenters. The van der Waals surface area contributed by atoms with Crippen LogP contribution in [0.25, 0.3) is 0 Å². The lowest BCUT2D eigenvalue weighted by Crippen LogP contribution is -3.12. The van der Waals surface area contributed by atoms with Gasteiger partial charge in [0, 0.05) is 22.9 Å². The molecule has 1 saturated heterocycles. The second kappa shape index (κ2) is 7.39. The zero-order valence-corrected chi connectivity index (χ0v) is 15.8. The maximum Gasteiger partial charge on any atom is 0.232 e. The number of carbonyl (C=O) groups excluding carboxylic acids is 1. The maximum atomic E-state index is 14.4. The van der Waals surface area contributed by atoms with Crippen LogP contribution in [0.4, 0.5) is 4.39 Å². The average molecular weight is 405 g/mol. The van der Waals surface area contributed by atoms with Gasteiger partial charge in [-0.3, -0.25) is 9.69 Å². The Balaban J connectivity index is 1.66. The number of nitrogens with one attached hydrogen (secondary N) is 1. The van der Waals surface area contributed by atoms with Crippen LogP contribution in [0.3, 0.4) is 0 Å². The van der Waals surface area contributed by atoms with Gasteiger partial charge in [-0.2, -0.15) is 5.26 Å². The summed E-state index contributed by atoms with van der Waals surface area (Å²) < 4.78 is 19.8. The Morgan fingerprint density at radius 1 is 1.41 bits per heavy atom. The smallest absolute Gasteiger partial charge is 0.232 e. The highest BCUT2D eigenvalue weighted by Crippen LogP contribution is 2.43. The molecule has 3 heterocycles. The lowest BCUT2D eigenvalue weighted by atomic mass is 9.86. The van der Waals surface area contributed by atoms with Crippen LogP contribution in [0.5, 0.6) is 0 Å². The van der Waals surface area contributed by atoms with Gasteiger partial charge in [-0.05, 0) is 36.0 Å². The van der Waals surface area contributed by atoms with Crippen molar-refractivity contribution in [1.82, 2.24) is 4.90 Å². The first-order chi connectivity index (χ1) is 13.1. The molecule has 2 atom stereocenters. The van der Waals surface area contributed by atoms with E-state index in [1.165, 1.54) is 23.9 Å². The Hall–Kier alpha value is -2.27. The zero-order valence-electron chi connectivity index (χ0n) is 14.2. The van der Waals surface area contributed by atoms with Crippen molar-refractivity contribution in [3.05, 3.63) is 69.4 Å². The minimum atomic E-state index is -0.651. The Bertz CT molecular complexity index is 934. The molecule has 1 amide bonds. The molecule has 2 aromatic rings. The van der Waals surface area contributed by atoms with Gasteiger partial charge in [-0.15, -0.1) is 0 Å². The van der Waals surface area contributed by atoms with Crippen molar-refractivity contribution in [3.63, 3.8) is 0 Å². The molecule has 1 aromatic carbocycles. The standard InChI is InChI=1S/C19H15ClFN3O2S/c20-15-4-1-5-16(21)18(15)13-7-17(25)24-10-23(9-12-3-2-6-26-12)11-27-19(24)14(13)8-22/h1-6,13H,7,9-11H2/p+1/t13-/m1/s1. The van der Waals surface area contributed by atoms with Crippen LogP contribution in [-0.2, 0) is 11.3 Å². The molecule has 0 radical (unpaired) electrons. The summed E-state index contributed by atoms with van der Waals surface area (Å²) in [6.07, 6.45) is 1.65. The number of allylic oxidation sites excluding steroid dienone is 1. The van der Waals surface area contributed by atoms with Crippen LogP contribution < -0.4 is 4.90 Å². The van der Waals surface area contributed by atoms with E-state index in [9.17, 15) is 14.4 Å². The maximum absolute atomic E-state index is 14.4. The molecule has 8 heteroatoms. The number of rotatable bonds is 3. The van der Waals surface area contributed by atoms with Gasteiger partial charge in [-0.25, -0.2) is 4.39 Å². The number of hydrogen-bond acceptors (Lipinski definition) is 4. The molecule has 5 nitrogen and oxygen atoms in total. The molecule has 1 fully saturated rings. The highest BCUT2D eigenvalue weighted by Gasteiger charge is 2.41. The molecule has 4 rings (SSSR count). The molecular formula is C19H16ClFN3O2S+. The molecule has 138 valence electrons. The number of hydrogen-bond donors (Lipinski definition) is 1. The molecule has 2 aliphatic heterocycles. The number of nitrogens with zero attached hydrogens (tertiary/aromatic N) is 2. The van der Waals surface area contributed by atoms with Gasteiger partial charge in [0.25, 0.3) is 0 Å². The number of halogens is 2. The normalized spacial score (nSPS) is 22.6. The number of nitriles is 1. The summed E-state index contributed by atoms with van der Waals surface area (Å²) in [5, 5.41) is 10.6. The molecule has 0 spiro atoms. The fraction of sp³-hybridized carbons (Fsp3) is 0.263. The Morgan fingerprint density at radius 3 is 2.96 bits per heavy atom. The van der Waals surface area contributed by atoms with Gasteiger partial charge in [-0.1, -0.05) is 17.7 Å². The van der Waals surface area contributed by atoms with E-state index >= 15 is 0 Å². The fourth-order valence-corrected chi connectivity index (χ4v) is 5.03. The summed E-state index contributed by atoms with van der Waals surface area (Å²) in [7, 11) is 0. The highest BCUT2D eigenvalue weighted by atomic mass is 35.5. The van der Waals surface area contributed by atoms with E-state index in [0.29, 0.717) is 29.7 Å². The number of furan rings is 1. The zero-order chi connectivity index (χ0) is 19.0. The molecule has 1 aromatic heterocycles. The highest BCUT2D eigenvalue weighted by molar-refractivity contribution is 8.02. The lowest BCUT2D eigenvalue weighted by molar-refractivity contribution is -0.911. The quantitative estimate of drug-likeness (QED) is 0.854. The monoisotopic (exact) mass is 404 g/mol. The summed E-state index contributed by atoms with van der Waals surface area (Å²) in [5.74, 6) is 0.258. The van der Waals surface area contributed by atoms with Crippen LogP contribution in [0.1, 0.15) is 23.7 Å². The van der Waals surface area contributed by atoms with Gasteiger partial charge in [0.15, 0.2) is 12.4 Å². The Morgan fingerprint density at radius 2 is 2.26 bits per heavy atom. The van der Waals surface area contributed by atoms with E-state index in [0.717, 1.165) is 10.7 Å². The van der Waals surface area contributed by atoms with Gasteiger partial charge >= 0.3 is 0 Å². The van der Waals surface area contributed by atoms with Crippen molar-refractivity contribution >= 4 is 29.3 Å². The van der Waals surface area contributed by atoms with Crippen LogP contribution >= 0.6 is 23.4 Å². The predicted octanol–water partition coefficient (Wildman–Crippen LogP) is 2.87. The molecule has 0 bridgehead atoms. The largest absolute Gasteiger partial charge is 0.463 e. The summed E-state index contributed by atoms with van der Waals surface area (Å²) in [6, 6.07) is 10.3. The van der Waals surface area contributed by atoms with Crippen molar-refractivity contribution in [3.8, 4) is 6.07 Å². The molecule has 1 N–H and O–H groups in total. The predicted molar refractivity (Wildman–Crippen MR) is 99.0 cm³/mol. The van der Waals surface area contributed by atoms with E-state index in [2.05, 4.69) is 6.07 Å². The average Bonchev–Trinajstić information content (AvgIpc) is 3.15. The molecular weight excluding hydrogens is 389 g/mol. The Labute approximate surface area is 165 Å². The Kier molecular flexibility index (Phi) is 4.96. The van der Waals surface area contributed by atoms with E-state index in [-0.39, 0.29) is 22.9 Å². The SMILES string of the molecule is N#CC1=C2SC[NH+](Cc3ccco3)CN2C(=O)C[C@H]1c1c(F)cccc1Cl. The van der Waals surface area contributed by atoms with Crippen LogP contribution in [-0.4, -0.2) is 23.4 Å². The first kappa shape index (κ1) is 18.1. The lowest BCUT2D eigenvalue weighted by Gasteiger charge is -2.38. The number of benzene rings is 1. The van der Waals surface area contributed by atoms with Gasteiger partial charge in [0.2, 0.25) is 5.91 Å². The van der Waals surface area contributed by atoms with Crippen molar-refractivity contribution in [1.29, 1.82) is 5.26 Å². The molecule has 0 saturated carbocycles. The molecule has 27 heavy (non-hydrogen) atoms. The number of amides is 1. The summed E-state index contributed by atoms with van der Waals surface area (Å²) >= 11 is 7.63. The third-order valence-corrected chi connectivity index (χ3v) is 6.37. The first-order valence-electron chi connectivity index (χ1n) is 8.45. The number of quaternary nitrogens is 1. The summed E-state index contributed by atoms with van der Waals surface area (Å²) in [6.45, 7) is 1.10. The van der Waals surface area contributed by atoms with Crippen LogP contribution in [0, 0.1) is 17.1 Å². The van der Waals surface area contributed by atoms with Crippen molar-refractivity contribution in [2.45, 2.75) is 18.9 Å².